The maximum Gasteiger partial charge on any atom is 0.168 e. The first-order valence-electron chi connectivity index (χ1n) is 22.2. The predicted molar refractivity (Wildman–Crippen MR) is 268 cm³/mol. The molecule has 1 saturated heterocycles. The van der Waals surface area contributed by atoms with Crippen molar-refractivity contribution in [2.45, 2.75) is 95.9 Å². The molecule has 1 fully saturated rings. The second-order valence-corrected chi connectivity index (χ2v) is 17.1. The number of hydrogen-bond donors (Lipinski definition) is 1. The summed E-state index contributed by atoms with van der Waals surface area (Å²) in [6, 6.07) is 39.5. The molecule has 7 nitrogen and oxygen atoms in total. The van der Waals surface area contributed by atoms with Gasteiger partial charge in [0, 0.05) is 35.1 Å². The number of nitrogens with one attached hydrogen (secondary N) is 1. The van der Waals surface area contributed by atoms with Crippen molar-refractivity contribution in [1.82, 2.24) is 29.8 Å². The number of pyridine rings is 2. The summed E-state index contributed by atoms with van der Waals surface area (Å²) in [6.45, 7) is 27.4. The van der Waals surface area contributed by atoms with E-state index in [-0.39, 0.29) is 0 Å². The number of aromatic nitrogens is 6. The van der Waals surface area contributed by atoms with Crippen molar-refractivity contribution in [3.8, 4) is 0 Å². The third-order valence-electron chi connectivity index (χ3n) is 10.2. The van der Waals surface area contributed by atoms with Crippen LogP contribution < -0.4 is 4.57 Å². The molecule has 4 aromatic heterocycles. The first-order chi connectivity index (χ1) is 29.9. The van der Waals surface area contributed by atoms with Gasteiger partial charge >= 0.3 is 0 Å². The lowest BCUT2D eigenvalue weighted by molar-refractivity contribution is -0.671. The summed E-state index contributed by atoms with van der Waals surface area (Å²) in [5.41, 5.74) is 14.5. The fourth-order valence-electron chi connectivity index (χ4n) is 6.31. The quantitative estimate of drug-likeness (QED) is 0.154. The van der Waals surface area contributed by atoms with Crippen molar-refractivity contribution in [1.29, 1.82) is 0 Å². The van der Waals surface area contributed by atoms with Gasteiger partial charge < -0.3 is 9.88 Å². The number of aryl methyl sites for hydroxylation is 12. The van der Waals surface area contributed by atoms with E-state index in [4.69, 9.17) is 0 Å². The molecule has 0 unspecified atom stereocenters. The topological polar surface area (TPSA) is 74.5 Å². The number of nitrogens with zero attached hydrogens (tertiary/aromatic N) is 6. The van der Waals surface area contributed by atoms with Crippen LogP contribution in [0.2, 0.25) is 0 Å². The monoisotopic (exact) mass is 845 g/mol. The molecular formula is C56H74N7+. The number of piperidine rings is 1. The number of hydrogen-bond acceptors (Lipinski definition) is 5. The van der Waals surface area contributed by atoms with E-state index in [9.17, 15) is 0 Å². The minimum absolute atomic E-state index is 0.827. The number of rotatable bonds is 0. The first kappa shape index (κ1) is 51.3. The number of aromatic amines is 1. The molecule has 1 aliphatic heterocycles. The second-order valence-electron chi connectivity index (χ2n) is 17.1. The van der Waals surface area contributed by atoms with E-state index in [1.54, 1.807) is 0 Å². The number of imidazole rings is 1. The van der Waals surface area contributed by atoms with E-state index < -0.39 is 0 Å². The molecule has 9 rings (SSSR count). The molecule has 0 atom stereocenters. The van der Waals surface area contributed by atoms with Crippen LogP contribution in [0.1, 0.15) is 81.7 Å². The molecule has 63 heavy (non-hydrogen) atoms. The maximum absolute atomic E-state index is 4.33. The van der Waals surface area contributed by atoms with Gasteiger partial charge in [0.15, 0.2) is 12.4 Å². The minimum atomic E-state index is 0.827. The second kappa shape index (κ2) is 27.1. The predicted octanol–water partition coefficient (Wildman–Crippen LogP) is 12.9. The van der Waals surface area contributed by atoms with Gasteiger partial charge in [-0.3, -0.25) is 4.98 Å². The van der Waals surface area contributed by atoms with E-state index in [2.05, 4.69) is 177 Å². The maximum atomic E-state index is 4.33. The Hall–Kier alpha value is -6.05. The van der Waals surface area contributed by atoms with Gasteiger partial charge in [-0.15, -0.1) is 0 Å². The Morgan fingerprint density at radius 2 is 1.02 bits per heavy atom. The normalized spacial score (nSPS) is 11.9. The summed E-state index contributed by atoms with van der Waals surface area (Å²) in [7, 11) is 4.21. The standard InChI is InChI=1S/C10H10N2.C9H10N2.2C8H10.C7H15N.C7H10N.C7H9N/c1-7-3-4-9-6-11-8(2)12-10(9)5-7;1-6-3-4-8-9(5-6)11-7(2)10-8;1-7-3-5-8(2)6-4-7;1-7-4-3-5-8(2)6-7;2*1-7-3-5-8(2)6-4-7;1-6-4-3-5-7(2)8-6/h3-6H,1-2H3;3-5H,1-2H3,(H,10,11);2*3-6H,1-2H3;7H,3-6H2,1-2H3;3-6H,1-2H3;3-5H,1-2H3/q;;;;;+1;. The molecule has 0 spiro atoms. The zero-order valence-corrected chi connectivity index (χ0v) is 40.8. The molecule has 0 radical (unpaired) electrons. The highest BCUT2D eigenvalue weighted by atomic mass is 15.1. The summed E-state index contributed by atoms with van der Waals surface area (Å²) in [6.07, 6.45) is 8.73. The van der Waals surface area contributed by atoms with Gasteiger partial charge in [-0.25, -0.2) is 19.5 Å². The van der Waals surface area contributed by atoms with E-state index in [0.717, 1.165) is 50.9 Å². The first-order valence-corrected chi connectivity index (χ1v) is 22.2. The summed E-state index contributed by atoms with van der Waals surface area (Å²) in [5, 5.41) is 1.10. The van der Waals surface area contributed by atoms with Crippen LogP contribution in [0.3, 0.4) is 0 Å². The fourth-order valence-corrected chi connectivity index (χ4v) is 6.31. The molecule has 4 aromatic carbocycles. The molecule has 0 amide bonds. The number of fused-ring (bicyclic) bond motifs is 2. The van der Waals surface area contributed by atoms with Crippen molar-refractivity contribution in [2.75, 3.05) is 20.1 Å². The van der Waals surface area contributed by atoms with Crippen LogP contribution in [0.25, 0.3) is 21.9 Å². The SMILES string of the molecule is CC1CCN(C)CC1.Cc1cc[n+](C)cc1.Cc1ccc(C)cc1.Cc1ccc2cnc(C)nc2c1.Cc1ccc2nc(C)[nH]c2c1.Cc1cccc(C)c1.Cc1cccc(C)n1. The molecule has 1 N–H and O–H groups in total. The summed E-state index contributed by atoms with van der Waals surface area (Å²) in [5.74, 6) is 2.78. The van der Waals surface area contributed by atoms with Crippen molar-refractivity contribution >= 4 is 21.9 Å². The van der Waals surface area contributed by atoms with Gasteiger partial charge in [0.05, 0.1) is 16.6 Å². The fraction of sp³-hybridized carbons (Fsp3) is 0.339. The zero-order valence-electron chi connectivity index (χ0n) is 40.8. The minimum Gasteiger partial charge on any atom is -0.342 e. The molecule has 0 aliphatic carbocycles. The van der Waals surface area contributed by atoms with Crippen LogP contribution in [0, 0.1) is 82.1 Å². The van der Waals surface area contributed by atoms with Gasteiger partial charge in [-0.2, -0.15) is 0 Å². The Morgan fingerprint density at radius 3 is 1.51 bits per heavy atom. The third kappa shape index (κ3) is 21.5. The highest BCUT2D eigenvalue weighted by Crippen LogP contribution is 2.14. The van der Waals surface area contributed by atoms with Crippen molar-refractivity contribution < 1.29 is 4.57 Å². The average molecular weight is 845 g/mol. The lowest BCUT2D eigenvalue weighted by Gasteiger charge is -2.26. The largest absolute Gasteiger partial charge is 0.342 e. The van der Waals surface area contributed by atoms with E-state index in [1.807, 2.05) is 88.2 Å². The molecule has 7 heteroatoms. The van der Waals surface area contributed by atoms with Crippen LogP contribution in [-0.2, 0) is 7.05 Å². The molecule has 1 aliphatic rings. The van der Waals surface area contributed by atoms with Crippen LogP contribution in [0.4, 0.5) is 0 Å². The van der Waals surface area contributed by atoms with Crippen molar-refractivity contribution in [3.05, 3.63) is 196 Å². The van der Waals surface area contributed by atoms with E-state index >= 15 is 0 Å². The molecule has 0 bridgehead atoms. The summed E-state index contributed by atoms with van der Waals surface area (Å²) < 4.78 is 2.02. The average Bonchev–Trinajstić information content (AvgIpc) is 3.61. The van der Waals surface area contributed by atoms with E-state index in [1.165, 1.54) is 64.9 Å². The Morgan fingerprint density at radius 1 is 0.524 bits per heavy atom. The zero-order chi connectivity index (χ0) is 46.3. The number of likely N-dealkylation sites (tertiary alicyclic amines) is 1. The Kier molecular flexibility index (Phi) is 22.1. The van der Waals surface area contributed by atoms with Gasteiger partial charge in [0.2, 0.25) is 0 Å². The molecule has 8 aromatic rings. The lowest BCUT2D eigenvalue weighted by atomic mass is 10.00. The van der Waals surface area contributed by atoms with Gasteiger partial charge in [0.25, 0.3) is 0 Å². The molecule has 332 valence electrons. The molecular weight excluding hydrogens is 771 g/mol. The Bertz CT molecular complexity index is 2300. The number of H-pyrrole nitrogens is 1. The highest BCUT2D eigenvalue weighted by molar-refractivity contribution is 5.78. The summed E-state index contributed by atoms with van der Waals surface area (Å²) >= 11 is 0. The third-order valence-corrected chi connectivity index (χ3v) is 10.2. The molecule has 5 heterocycles. The van der Waals surface area contributed by atoms with Crippen molar-refractivity contribution in [3.63, 3.8) is 0 Å². The Labute approximate surface area is 379 Å². The van der Waals surface area contributed by atoms with Crippen LogP contribution in [-0.4, -0.2) is 50.0 Å². The van der Waals surface area contributed by atoms with Crippen LogP contribution >= 0.6 is 0 Å². The smallest absolute Gasteiger partial charge is 0.168 e. The van der Waals surface area contributed by atoms with Crippen LogP contribution in [0.15, 0.2) is 134 Å². The van der Waals surface area contributed by atoms with Gasteiger partial charge in [-0.1, -0.05) is 102 Å². The van der Waals surface area contributed by atoms with Gasteiger partial charge in [0.1, 0.15) is 18.7 Å². The van der Waals surface area contributed by atoms with Crippen molar-refractivity contribution in [2.24, 2.45) is 13.0 Å². The van der Waals surface area contributed by atoms with E-state index in [0.29, 0.717) is 0 Å². The van der Waals surface area contributed by atoms with Crippen LogP contribution in [0.5, 0.6) is 0 Å². The highest BCUT2D eigenvalue weighted by Gasteiger charge is 2.10. The van der Waals surface area contributed by atoms with Gasteiger partial charge in [-0.05, 0) is 162 Å². The Balaban J connectivity index is 0.000000197. The number of benzene rings is 4. The summed E-state index contributed by atoms with van der Waals surface area (Å²) in [4.78, 5) is 22.5. The lowest BCUT2D eigenvalue weighted by Crippen LogP contribution is -2.28. The molecule has 0 saturated carbocycles.